The van der Waals surface area contributed by atoms with Gasteiger partial charge in [0.25, 0.3) is 0 Å². The van der Waals surface area contributed by atoms with Crippen molar-refractivity contribution in [2.45, 2.75) is 0 Å². The minimum Gasteiger partial charge on any atom is -0.318 e. The van der Waals surface area contributed by atoms with Gasteiger partial charge in [0, 0.05) is 27.1 Å². The summed E-state index contributed by atoms with van der Waals surface area (Å²) in [6.45, 7) is 8.30. The lowest BCUT2D eigenvalue weighted by molar-refractivity contribution is 1.15. The summed E-state index contributed by atoms with van der Waals surface area (Å²) in [5, 5.41) is 24.9. The number of nitriles is 2. The Kier molecular flexibility index (Phi) is 5.56. The molecule has 0 aliphatic rings. The Morgan fingerprint density at radius 3 is 1.34 bits per heavy atom. The molecule has 44 heavy (non-hydrogen) atoms. The van der Waals surface area contributed by atoms with Gasteiger partial charge in [-0.05, 0) is 35.9 Å². The molecule has 0 amide bonds. The molecule has 5 heteroatoms. The zero-order chi connectivity index (χ0) is 29.8. The first-order valence-corrected chi connectivity index (χ1v) is 14.2. The molecule has 6 aromatic carbocycles. The van der Waals surface area contributed by atoms with Gasteiger partial charge in [-0.25, -0.2) is 4.85 Å². The van der Waals surface area contributed by atoms with Crippen LogP contribution in [0.1, 0.15) is 11.1 Å². The summed E-state index contributed by atoms with van der Waals surface area (Å²) in [5.74, 6) is 0. The first-order chi connectivity index (χ1) is 21.7. The van der Waals surface area contributed by atoms with Crippen molar-refractivity contribution in [2.75, 3.05) is 0 Å². The van der Waals surface area contributed by atoms with Gasteiger partial charge in [0.1, 0.15) is 6.07 Å². The quantitative estimate of drug-likeness (QED) is 0.202. The van der Waals surface area contributed by atoms with E-state index in [9.17, 15) is 10.5 Å². The molecule has 0 saturated heterocycles. The van der Waals surface area contributed by atoms with Gasteiger partial charge in [-0.15, -0.1) is 0 Å². The molecule has 0 saturated carbocycles. The Balaban J connectivity index is 1.58. The normalized spacial score (nSPS) is 11.1. The lowest BCUT2D eigenvalue weighted by Crippen LogP contribution is -2.04. The first kappa shape index (κ1) is 25.1. The molecule has 0 radical (unpaired) electrons. The van der Waals surface area contributed by atoms with Crippen molar-refractivity contribution in [2.24, 2.45) is 0 Å². The number of aromatic nitrogens is 2. The van der Waals surface area contributed by atoms with Gasteiger partial charge < -0.3 is 9.13 Å². The van der Waals surface area contributed by atoms with Crippen molar-refractivity contribution >= 4 is 49.3 Å². The Labute approximate surface area is 253 Å². The molecule has 0 aliphatic carbocycles. The molecule has 202 valence electrons. The molecule has 8 rings (SSSR count). The molecule has 0 unspecified atom stereocenters. The van der Waals surface area contributed by atoms with Crippen molar-refractivity contribution in [3.05, 3.63) is 150 Å². The average Bonchev–Trinajstić information content (AvgIpc) is 3.60. The maximum absolute atomic E-state index is 10.5. The summed E-state index contributed by atoms with van der Waals surface area (Å²) in [4.78, 5) is 3.97. The third kappa shape index (κ3) is 3.43. The fraction of sp³-hybridized carbons (Fsp3) is 0. The van der Waals surface area contributed by atoms with Crippen LogP contribution >= 0.6 is 0 Å². The topological polar surface area (TPSA) is 61.8 Å². The summed E-state index contributed by atoms with van der Waals surface area (Å²) in [6.07, 6.45) is 0. The maximum atomic E-state index is 10.5. The zero-order valence-electron chi connectivity index (χ0n) is 23.4. The second-order valence-electron chi connectivity index (χ2n) is 10.6. The minimum absolute atomic E-state index is 0.270. The maximum Gasteiger partial charge on any atom is 0.228 e. The van der Waals surface area contributed by atoms with E-state index in [0.29, 0.717) is 16.8 Å². The lowest BCUT2D eigenvalue weighted by Gasteiger charge is -2.21. The zero-order valence-corrected chi connectivity index (χ0v) is 23.4. The van der Waals surface area contributed by atoms with Crippen molar-refractivity contribution in [1.29, 1.82) is 10.5 Å². The summed E-state index contributed by atoms with van der Waals surface area (Å²) in [6, 6.07) is 46.7. The van der Waals surface area contributed by atoms with E-state index >= 15 is 0 Å². The fourth-order valence-electron chi connectivity index (χ4n) is 6.65. The van der Waals surface area contributed by atoms with Crippen LogP contribution in [0.2, 0.25) is 0 Å². The predicted molar refractivity (Wildman–Crippen MR) is 176 cm³/mol. The van der Waals surface area contributed by atoms with Gasteiger partial charge in [-0.2, -0.15) is 10.5 Å². The van der Waals surface area contributed by atoms with Crippen molar-refractivity contribution < 1.29 is 0 Å². The molecular weight excluding hydrogens is 538 g/mol. The number of rotatable bonds is 3. The SMILES string of the molecule is [C-]#[N+]c1c(C#N)ccc(-c2cccc(C#N)c2-n2c3ccccc3c3ccccc32)c1-n1c2ccccc2c2ccccc21. The average molecular weight is 560 g/mol. The molecule has 0 spiro atoms. The molecule has 8 aromatic rings. The highest BCUT2D eigenvalue weighted by Crippen LogP contribution is 2.45. The molecule has 2 heterocycles. The van der Waals surface area contributed by atoms with Gasteiger partial charge in [0.05, 0.1) is 57.2 Å². The number of nitrogens with zero attached hydrogens (tertiary/aromatic N) is 5. The summed E-state index contributed by atoms with van der Waals surface area (Å²) >= 11 is 0. The number of benzene rings is 6. The van der Waals surface area contributed by atoms with Crippen LogP contribution in [0.3, 0.4) is 0 Å². The minimum atomic E-state index is 0.270. The Bertz CT molecular complexity index is 2490. The lowest BCUT2D eigenvalue weighted by atomic mass is 9.95. The predicted octanol–water partition coefficient (Wildman–Crippen LogP) is 9.84. The second kappa shape index (κ2) is 9.74. The molecule has 5 nitrogen and oxygen atoms in total. The summed E-state index contributed by atoms with van der Waals surface area (Å²) in [7, 11) is 0. The van der Waals surface area contributed by atoms with E-state index in [1.165, 1.54) is 0 Å². The number of hydrogen-bond acceptors (Lipinski definition) is 2. The summed E-state index contributed by atoms with van der Waals surface area (Å²) in [5.41, 5.74) is 7.82. The van der Waals surface area contributed by atoms with Crippen LogP contribution in [0, 0.1) is 29.2 Å². The smallest absolute Gasteiger partial charge is 0.228 e. The molecule has 0 atom stereocenters. The Morgan fingerprint density at radius 1 is 0.455 bits per heavy atom. The van der Waals surface area contributed by atoms with E-state index in [1.54, 1.807) is 6.07 Å². The van der Waals surface area contributed by atoms with Gasteiger partial charge in [-0.1, -0.05) is 97.1 Å². The van der Waals surface area contributed by atoms with E-state index < -0.39 is 0 Å². The highest BCUT2D eigenvalue weighted by molar-refractivity contribution is 6.12. The van der Waals surface area contributed by atoms with E-state index in [-0.39, 0.29) is 5.69 Å². The monoisotopic (exact) mass is 559 g/mol. The molecule has 2 aromatic heterocycles. The van der Waals surface area contributed by atoms with Crippen LogP contribution < -0.4 is 0 Å². The molecule has 0 N–H and O–H groups in total. The van der Waals surface area contributed by atoms with Gasteiger partial charge in [-0.3, -0.25) is 0 Å². The summed E-state index contributed by atoms with van der Waals surface area (Å²) < 4.78 is 4.26. The number of fused-ring (bicyclic) bond motifs is 6. The van der Waals surface area contributed by atoms with E-state index in [4.69, 9.17) is 6.57 Å². The highest BCUT2D eigenvalue weighted by Gasteiger charge is 2.25. The Hall–Kier alpha value is -6.61. The highest BCUT2D eigenvalue weighted by atomic mass is 15.0. The van der Waals surface area contributed by atoms with Gasteiger partial charge >= 0.3 is 0 Å². The van der Waals surface area contributed by atoms with Crippen LogP contribution in [0.15, 0.2) is 127 Å². The van der Waals surface area contributed by atoms with Gasteiger partial charge in [0.15, 0.2) is 0 Å². The molecule has 0 aliphatic heterocycles. The van der Waals surface area contributed by atoms with Gasteiger partial charge in [0.2, 0.25) is 5.69 Å². The largest absolute Gasteiger partial charge is 0.318 e. The molecule has 0 bridgehead atoms. The van der Waals surface area contributed by atoms with Crippen LogP contribution in [-0.2, 0) is 0 Å². The third-order valence-corrected chi connectivity index (χ3v) is 8.44. The van der Waals surface area contributed by atoms with Crippen molar-refractivity contribution in [1.82, 2.24) is 9.13 Å². The van der Waals surface area contributed by atoms with Crippen molar-refractivity contribution in [3.8, 4) is 34.6 Å². The fourth-order valence-corrected chi connectivity index (χ4v) is 6.65. The van der Waals surface area contributed by atoms with Crippen LogP contribution in [-0.4, -0.2) is 9.13 Å². The van der Waals surface area contributed by atoms with Crippen molar-refractivity contribution in [3.63, 3.8) is 0 Å². The van der Waals surface area contributed by atoms with E-state index in [2.05, 4.69) is 62.5 Å². The second-order valence-corrected chi connectivity index (χ2v) is 10.6. The first-order valence-electron chi connectivity index (χ1n) is 14.2. The number of para-hydroxylation sites is 5. The molecular formula is C39H21N5. The number of hydrogen-bond donors (Lipinski definition) is 0. The van der Waals surface area contributed by atoms with Crippen LogP contribution in [0.4, 0.5) is 5.69 Å². The molecule has 0 fully saturated rings. The third-order valence-electron chi connectivity index (χ3n) is 8.44. The van der Waals surface area contributed by atoms with Crippen LogP contribution in [0.5, 0.6) is 0 Å². The van der Waals surface area contributed by atoms with Crippen LogP contribution in [0.25, 0.3) is 71.0 Å². The van der Waals surface area contributed by atoms with E-state index in [1.807, 2.05) is 84.9 Å². The Morgan fingerprint density at radius 2 is 0.886 bits per heavy atom. The van der Waals surface area contributed by atoms with E-state index in [0.717, 1.165) is 60.4 Å². The standard InChI is InChI=1S/C39H21N5/c1-42-37-25(23-40)21-22-32(39(37)44-35-19-8-4-14-29(35)30-15-5-9-20-36(30)44)31-16-10-11-26(24-41)38(31)43-33-17-6-2-12-27(33)28-13-3-7-18-34(28)43/h2-22H.